The average molecular weight is 344 g/mol. The Labute approximate surface area is 149 Å². The molecule has 0 fully saturated rings. The number of benzene rings is 1. The summed E-state index contributed by atoms with van der Waals surface area (Å²) in [7, 11) is 1.89. The summed E-state index contributed by atoms with van der Waals surface area (Å²) >= 11 is 0. The van der Waals surface area contributed by atoms with E-state index in [-0.39, 0.29) is 12.5 Å². The van der Waals surface area contributed by atoms with Gasteiger partial charge in [0.25, 0.3) is 6.02 Å². The fourth-order valence-corrected chi connectivity index (χ4v) is 2.55. The molecule has 0 aromatic heterocycles. The van der Waals surface area contributed by atoms with Gasteiger partial charge in [-0.2, -0.15) is 0 Å². The van der Waals surface area contributed by atoms with Gasteiger partial charge in [-0.25, -0.2) is 4.99 Å². The standard InChI is InChI=1S/C19H28N4O2/c1-3-22-19(25-13-15-6-4-14(12-24)5-7-15)23-17-8-9-18(20)16(10-17)11-21-2/h4-6,8-10,15,21,24H,3,7,11-13,20H2,1-2H3,(H,22,23). The van der Waals surface area contributed by atoms with Gasteiger partial charge in [-0.05, 0) is 49.7 Å². The molecule has 1 aliphatic carbocycles. The highest BCUT2D eigenvalue weighted by atomic mass is 16.5. The molecule has 0 aliphatic heterocycles. The monoisotopic (exact) mass is 344 g/mol. The van der Waals surface area contributed by atoms with Crippen LogP contribution < -0.4 is 16.4 Å². The second kappa shape index (κ2) is 9.86. The highest BCUT2D eigenvalue weighted by Crippen LogP contribution is 2.19. The van der Waals surface area contributed by atoms with E-state index in [0.29, 0.717) is 25.7 Å². The van der Waals surface area contributed by atoms with Crippen molar-refractivity contribution in [3.63, 3.8) is 0 Å². The van der Waals surface area contributed by atoms with Gasteiger partial charge in [0.1, 0.15) is 0 Å². The predicted molar refractivity (Wildman–Crippen MR) is 104 cm³/mol. The molecule has 0 saturated carbocycles. The molecular formula is C19H28N4O2. The van der Waals surface area contributed by atoms with Crippen LogP contribution >= 0.6 is 0 Å². The second-order valence-electron chi connectivity index (χ2n) is 5.95. The van der Waals surface area contributed by atoms with Crippen LogP contribution in [0.5, 0.6) is 0 Å². The lowest BCUT2D eigenvalue weighted by Crippen LogP contribution is -2.21. The molecule has 1 aromatic carbocycles. The fourth-order valence-electron chi connectivity index (χ4n) is 2.55. The van der Waals surface area contributed by atoms with E-state index in [1.165, 1.54) is 0 Å². The van der Waals surface area contributed by atoms with Crippen molar-refractivity contribution in [2.45, 2.75) is 19.9 Å². The fraction of sp³-hybridized carbons (Fsp3) is 0.421. The van der Waals surface area contributed by atoms with Crippen LogP contribution in [0.1, 0.15) is 18.9 Å². The first kappa shape index (κ1) is 19.0. The zero-order valence-corrected chi connectivity index (χ0v) is 15.0. The average Bonchev–Trinajstić information content (AvgIpc) is 2.63. The number of aliphatic hydroxyl groups is 1. The molecule has 0 heterocycles. The highest BCUT2D eigenvalue weighted by molar-refractivity contribution is 5.89. The molecule has 1 aliphatic rings. The Kier molecular flexibility index (Phi) is 7.50. The second-order valence-corrected chi connectivity index (χ2v) is 5.95. The van der Waals surface area contributed by atoms with E-state index < -0.39 is 0 Å². The van der Waals surface area contributed by atoms with Gasteiger partial charge in [-0.15, -0.1) is 0 Å². The zero-order chi connectivity index (χ0) is 18.1. The Hall–Kier alpha value is -2.31. The van der Waals surface area contributed by atoms with Gasteiger partial charge in [0.2, 0.25) is 0 Å². The third-order valence-corrected chi connectivity index (χ3v) is 3.95. The minimum Gasteiger partial charge on any atom is -0.464 e. The summed E-state index contributed by atoms with van der Waals surface area (Å²) in [5, 5.41) is 15.5. The van der Waals surface area contributed by atoms with Gasteiger partial charge in [-0.3, -0.25) is 0 Å². The Morgan fingerprint density at radius 3 is 2.92 bits per heavy atom. The minimum absolute atomic E-state index is 0.0836. The van der Waals surface area contributed by atoms with Crippen molar-refractivity contribution in [1.82, 2.24) is 5.32 Å². The van der Waals surface area contributed by atoms with Crippen LogP contribution in [0.3, 0.4) is 0 Å². The summed E-state index contributed by atoms with van der Waals surface area (Å²) in [5.74, 6) is 0.283. The van der Waals surface area contributed by atoms with Gasteiger partial charge >= 0.3 is 0 Å². The molecule has 6 nitrogen and oxygen atoms in total. The van der Waals surface area contributed by atoms with Crippen LogP contribution in [-0.2, 0) is 11.3 Å². The Bertz CT molecular complexity index is 653. The number of anilines is 2. The van der Waals surface area contributed by atoms with E-state index in [1.54, 1.807) is 0 Å². The molecule has 2 rings (SSSR count). The van der Waals surface area contributed by atoms with Crippen molar-refractivity contribution in [3.05, 3.63) is 47.6 Å². The Balaban J connectivity index is 1.95. The molecule has 136 valence electrons. The Morgan fingerprint density at radius 2 is 2.28 bits per heavy atom. The number of allylic oxidation sites excluding steroid dienone is 1. The van der Waals surface area contributed by atoms with Crippen molar-refractivity contribution < 1.29 is 9.84 Å². The van der Waals surface area contributed by atoms with Crippen LogP contribution in [0.15, 0.2) is 47.0 Å². The zero-order valence-electron chi connectivity index (χ0n) is 15.0. The van der Waals surface area contributed by atoms with E-state index >= 15 is 0 Å². The minimum atomic E-state index is 0.0836. The molecule has 0 radical (unpaired) electrons. The Morgan fingerprint density at radius 1 is 1.44 bits per heavy atom. The highest BCUT2D eigenvalue weighted by Gasteiger charge is 2.11. The van der Waals surface area contributed by atoms with Crippen molar-refractivity contribution in [2.24, 2.45) is 10.9 Å². The summed E-state index contributed by atoms with van der Waals surface area (Å²) in [6.45, 7) is 3.93. The summed E-state index contributed by atoms with van der Waals surface area (Å²) in [5.41, 5.74) is 9.62. The molecule has 6 heteroatoms. The van der Waals surface area contributed by atoms with Gasteiger partial charge in [0, 0.05) is 30.4 Å². The van der Waals surface area contributed by atoms with Crippen molar-refractivity contribution >= 4 is 17.4 Å². The van der Waals surface area contributed by atoms with Crippen LogP contribution in [0.2, 0.25) is 0 Å². The van der Waals surface area contributed by atoms with E-state index in [2.05, 4.69) is 21.7 Å². The topological polar surface area (TPSA) is 91.9 Å². The van der Waals surface area contributed by atoms with Crippen molar-refractivity contribution in [2.75, 3.05) is 37.9 Å². The number of nitrogens with one attached hydrogen (secondary N) is 2. The largest absolute Gasteiger partial charge is 0.464 e. The third kappa shape index (κ3) is 5.92. The van der Waals surface area contributed by atoms with Crippen molar-refractivity contribution in [1.29, 1.82) is 0 Å². The van der Waals surface area contributed by atoms with Crippen LogP contribution in [0.25, 0.3) is 0 Å². The van der Waals surface area contributed by atoms with Gasteiger partial charge in [0.15, 0.2) is 0 Å². The van der Waals surface area contributed by atoms with E-state index in [1.807, 2.05) is 44.3 Å². The maximum Gasteiger partial charge on any atom is 0.289 e. The number of aliphatic imine (C=N–C) groups is 1. The molecule has 0 amide bonds. The van der Waals surface area contributed by atoms with E-state index in [4.69, 9.17) is 15.6 Å². The summed E-state index contributed by atoms with van der Waals surface area (Å²) < 4.78 is 5.87. The number of aliphatic hydroxyl groups excluding tert-OH is 1. The summed E-state index contributed by atoms with van der Waals surface area (Å²) in [4.78, 5) is 4.39. The lowest BCUT2D eigenvalue weighted by atomic mass is 9.98. The number of nitrogens with zero attached hydrogens (tertiary/aromatic N) is 1. The lowest BCUT2D eigenvalue weighted by molar-refractivity contribution is 0.260. The SMILES string of the molecule is CCN=C(Nc1ccc(N)c(CNC)c1)OCC1C=CC(CO)=CC1. The molecule has 1 unspecified atom stereocenters. The first-order chi connectivity index (χ1) is 12.2. The van der Waals surface area contributed by atoms with Gasteiger partial charge in [0.05, 0.1) is 13.2 Å². The number of nitrogens with two attached hydrogens (primary N) is 1. The number of amidine groups is 1. The maximum absolute atomic E-state index is 9.12. The summed E-state index contributed by atoms with van der Waals surface area (Å²) in [6, 6.07) is 6.30. The summed E-state index contributed by atoms with van der Waals surface area (Å²) in [6.07, 6.45) is 6.93. The first-order valence-electron chi connectivity index (χ1n) is 8.61. The van der Waals surface area contributed by atoms with Crippen LogP contribution in [-0.4, -0.2) is 37.9 Å². The number of hydrogen-bond acceptors (Lipinski definition) is 5. The molecule has 25 heavy (non-hydrogen) atoms. The van der Waals surface area contributed by atoms with Crippen LogP contribution in [0.4, 0.5) is 11.4 Å². The van der Waals surface area contributed by atoms with Crippen molar-refractivity contribution in [3.8, 4) is 0 Å². The molecule has 0 bridgehead atoms. The lowest BCUT2D eigenvalue weighted by Gasteiger charge is -2.18. The molecule has 1 atom stereocenters. The normalized spacial score (nSPS) is 17.3. The smallest absolute Gasteiger partial charge is 0.289 e. The van der Waals surface area contributed by atoms with Crippen LogP contribution in [0, 0.1) is 5.92 Å². The van der Waals surface area contributed by atoms with Gasteiger partial charge < -0.3 is 26.2 Å². The van der Waals surface area contributed by atoms with Gasteiger partial charge in [-0.1, -0.05) is 18.2 Å². The predicted octanol–water partition coefficient (Wildman–Crippen LogP) is 2.29. The third-order valence-electron chi connectivity index (χ3n) is 3.95. The quantitative estimate of drug-likeness (QED) is 0.346. The number of rotatable bonds is 7. The van der Waals surface area contributed by atoms with E-state index in [0.717, 1.165) is 28.9 Å². The molecule has 0 spiro atoms. The molecular weight excluding hydrogens is 316 g/mol. The number of nitrogen functional groups attached to an aromatic ring is 1. The maximum atomic E-state index is 9.12. The molecule has 0 saturated heterocycles. The first-order valence-corrected chi connectivity index (χ1v) is 8.61. The molecule has 1 aromatic rings. The number of hydrogen-bond donors (Lipinski definition) is 4. The number of ether oxygens (including phenoxy) is 1. The van der Waals surface area contributed by atoms with E-state index in [9.17, 15) is 0 Å². The molecule has 5 N–H and O–H groups in total.